The van der Waals surface area contributed by atoms with Gasteiger partial charge < -0.3 is 20.6 Å². The number of nitrogens with one attached hydrogen (secondary N) is 2. The SMILES string of the molecule is Cc1cc(-n2ccc(NC(=O)C3CCCN3C(=O)Nc3ccc(C(C)C)cc3)n2)ccc1C(=O)O. The summed E-state index contributed by atoms with van der Waals surface area (Å²) in [4.78, 5) is 38.6. The van der Waals surface area contributed by atoms with Crippen molar-refractivity contribution in [3.8, 4) is 5.69 Å². The van der Waals surface area contributed by atoms with Crippen molar-refractivity contribution >= 4 is 29.4 Å². The molecule has 182 valence electrons. The lowest BCUT2D eigenvalue weighted by Gasteiger charge is -2.24. The number of benzene rings is 2. The van der Waals surface area contributed by atoms with Crippen LogP contribution in [-0.2, 0) is 4.79 Å². The molecule has 1 aliphatic rings. The lowest BCUT2D eigenvalue weighted by atomic mass is 10.0. The van der Waals surface area contributed by atoms with E-state index in [1.54, 1.807) is 40.9 Å². The van der Waals surface area contributed by atoms with Crippen LogP contribution in [0, 0.1) is 6.92 Å². The molecule has 1 saturated heterocycles. The van der Waals surface area contributed by atoms with Gasteiger partial charge in [0.25, 0.3) is 0 Å². The van der Waals surface area contributed by atoms with Gasteiger partial charge in [0.05, 0.1) is 11.3 Å². The van der Waals surface area contributed by atoms with Gasteiger partial charge in [-0.1, -0.05) is 26.0 Å². The molecule has 9 heteroatoms. The van der Waals surface area contributed by atoms with Crippen LogP contribution in [0.2, 0.25) is 0 Å². The first-order chi connectivity index (χ1) is 16.7. The standard InChI is InChI=1S/C26H29N5O4/c1-16(2)18-6-8-19(9-7-18)27-26(35)30-13-4-5-22(30)24(32)28-23-12-14-31(29-23)20-10-11-21(25(33)34)17(3)15-20/h6-12,14-16,22H,4-5,13H2,1-3H3,(H,27,35)(H,33,34)(H,28,29,32). The van der Waals surface area contributed by atoms with Crippen molar-refractivity contribution in [3.63, 3.8) is 0 Å². The van der Waals surface area contributed by atoms with E-state index in [2.05, 4.69) is 29.6 Å². The number of carbonyl (C=O) groups is 3. The van der Waals surface area contributed by atoms with E-state index in [1.807, 2.05) is 24.3 Å². The average Bonchev–Trinajstić information content (AvgIpc) is 3.49. The van der Waals surface area contributed by atoms with Gasteiger partial charge in [0.15, 0.2) is 5.82 Å². The quantitative estimate of drug-likeness (QED) is 0.480. The third-order valence-electron chi connectivity index (χ3n) is 6.19. The highest BCUT2D eigenvalue weighted by molar-refractivity contribution is 5.99. The number of likely N-dealkylation sites (tertiary alicyclic amines) is 1. The number of carboxylic acids is 1. The highest BCUT2D eigenvalue weighted by Crippen LogP contribution is 2.22. The summed E-state index contributed by atoms with van der Waals surface area (Å²) in [6.45, 7) is 6.44. The maximum absolute atomic E-state index is 13.0. The molecule has 0 bridgehead atoms. The molecule has 1 unspecified atom stereocenters. The minimum Gasteiger partial charge on any atom is -0.478 e. The first-order valence-corrected chi connectivity index (χ1v) is 11.6. The van der Waals surface area contributed by atoms with Crippen molar-refractivity contribution in [2.45, 2.75) is 45.6 Å². The largest absolute Gasteiger partial charge is 0.478 e. The Morgan fingerprint density at radius 1 is 1.06 bits per heavy atom. The fourth-order valence-corrected chi connectivity index (χ4v) is 4.20. The summed E-state index contributed by atoms with van der Waals surface area (Å²) >= 11 is 0. The van der Waals surface area contributed by atoms with E-state index >= 15 is 0 Å². The van der Waals surface area contributed by atoms with Crippen molar-refractivity contribution < 1.29 is 19.5 Å². The first-order valence-electron chi connectivity index (χ1n) is 11.6. The number of carboxylic acid groups (broad SMARTS) is 1. The zero-order valence-corrected chi connectivity index (χ0v) is 20.0. The molecule has 2 aromatic carbocycles. The van der Waals surface area contributed by atoms with Gasteiger partial charge >= 0.3 is 12.0 Å². The minimum atomic E-state index is -0.986. The van der Waals surface area contributed by atoms with Crippen LogP contribution in [0.5, 0.6) is 0 Å². The van der Waals surface area contributed by atoms with Crippen LogP contribution in [0.15, 0.2) is 54.7 Å². The molecule has 0 saturated carbocycles. The number of rotatable bonds is 6. The topological polar surface area (TPSA) is 117 Å². The van der Waals surface area contributed by atoms with Crippen LogP contribution in [0.25, 0.3) is 5.69 Å². The molecule has 1 atom stereocenters. The number of hydrogen-bond donors (Lipinski definition) is 3. The van der Waals surface area contributed by atoms with E-state index in [-0.39, 0.29) is 17.5 Å². The molecule has 1 aromatic heterocycles. The number of anilines is 2. The predicted octanol–water partition coefficient (Wildman–Crippen LogP) is 4.64. The van der Waals surface area contributed by atoms with Gasteiger partial charge in [-0.05, 0) is 67.1 Å². The highest BCUT2D eigenvalue weighted by atomic mass is 16.4. The Balaban J connectivity index is 1.40. The number of nitrogens with zero attached hydrogens (tertiary/aromatic N) is 3. The minimum absolute atomic E-state index is 0.227. The van der Waals surface area contributed by atoms with Crippen molar-refractivity contribution in [2.75, 3.05) is 17.2 Å². The zero-order valence-electron chi connectivity index (χ0n) is 20.0. The van der Waals surface area contributed by atoms with Crippen molar-refractivity contribution in [1.82, 2.24) is 14.7 Å². The molecule has 1 aliphatic heterocycles. The van der Waals surface area contributed by atoms with E-state index in [0.29, 0.717) is 41.6 Å². The summed E-state index contributed by atoms with van der Waals surface area (Å²) in [5, 5.41) is 19.3. The van der Waals surface area contributed by atoms with Gasteiger partial charge in [-0.3, -0.25) is 4.79 Å². The molecule has 3 N–H and O–H groups in total. The highest BCUT2D eigenvalue weighted by Gasteiger charge is 2.34. The van der Waals surface area contributed by atoms with Crippen molar-refractivity contribution in [2.24, 2.45) is 0 Å². The smallest absolute Gasteiger partial charge is 0.335 e. The maximum Gasteiger partial charge on any atom is 0.335 e. The number of aromatic carboxylic acids is 1. The fourth-order valence-electron chi connectivity index (χ4n) is 4.20. The number of carbonyl (C=O) groups excluding carboxylic acids is 2. The molecule has 35 heavy (non-hydrogen) atoms. The van der Waals surface area contributed by atoms with Crippen LogP contribution in [0.4, 0.5) is 16.3 Å². The molecule has 4 rings (SSSR count). The Bertz CT molecular complexity index is 1250. The van der Waals surface area contributed by atoms with Crippen LogP contribution >= 0.6 is 0 Å². The summed E-state index contributed by atoms with van der Waals surface area (Å²) < 4.78 is 1.56. The Hall–Kier alpha value is -4.14. The van der Waals surface area contributed by atoms with Gasteiger partial charge in [-0.25, -0.2) is 14.3 Å². The number of aryl methyl sites for hydroxylation is 1. The summed E-state index contributed by atoms with van der Waals surface area (Å²) in [6.07, 6.45) is 2.99. The molecular formula is C26H29N5O4. The second-order valence-electron chi connectivity index (χ2n) is 9.00. The summed E-state index contributed by atoms with van der Waals surface area (Å²) in [5.41, 5.74) is 3.40. The molecular weight excluding hydrogens is 446 g/mol. The second kappa shape index (κ2) is 10.0. The molecule has 0 spiro atoms. The number of hydrogen-bond acceptors (Lipinski definition) is 4. The first kappa shape index (κ1) is 24.0. The molecule has 2 heterocycles. The van der Waals surface area contributed by atoms with Gasteiger partial charge in [-0.15, -0.1) is 0 Å². The van der Waals surface area contributed by atoms with E-state index < -0.39 is 12.0 Å². The number of urea groups is 1. The lowest BCUT2D eigenvalue weighted by molar-refractivity contribution is -0.119. The van der Waals surface area contributed by atoms with Crippen LogP contribution in [-0.4, -0.2) is 50.3 Å². The van der Waals surface area contributed by atoms with Gasteiger partial charge in [0, 0.05) is 24.5 Å². The Kier molecular flexibility index (Phi) is 6.86. The van der Waals surface area contributed by atoms with Crippen molar-refractivity contribution in [1.29, 1.82) is 0 Å². The van der Waals surface area contributed by atoms with E-state index in [1.165, 1.54) is 11.6 Å². The second-order valence-corrected chi connectivity index (χ2v) is 9.00. The van der Waals surface area contributed by atoms with Crippen molar-refractivity contribution in [3.05, 3.63) is 71.4 Å². The van der Waals surface area contributed by atoms with E-state index in [4.69, 9.17) is 0 Å². The normalized spacial score (nSPS) is 15.3. The maximum atomic E-state index is 13.0. The third kappa shape index (κ3) is 5.34. The zero-order chi connectivity index (χ0) is 25.1. The molecule has 9 nitrogen and oxygen atoms in total. The monoisotopic (exact) mass is 475 g/mol. The molecule has 0 aliphatic carbocycles. The predicted molar refractivity (Wildman–Crippen MR) is 133 cm³/mol. The Morgan fingerprint density at radius 2 is 1.80 bits per heavy atom. The van der Waals surface area contributed by atoms with Gasteiger partial charge in [-0.2, -0.15) is 5.10 Å². The third-order valence-corrected chi connectivity index (χ3v) is 6.19. The number of amides is 3. The molecule has 3 amide bonds. The lowest BCUT2D eigenvalue weighted by Crippen LogP contribution is -2.45. The van der Waals surface area contributed by atoms with Crippen LogP contribution in [0.1, 0.15) is 54.1 Å². The Morgan fingerprint density at radius 3 is 2.46 bits per heavy atom. The Labute approximate surface area is 203 Å². The van der Waals surface area contributed by atoms with E-state index in [0.717, 1.165) is 6.42 Å². The molecule has 3 aromatic rings. The van der Waals surface area contributed by atoms with Crippen LogP contribution < -0.4 is 10.6 Å². The van der Waals surface area contributed by atoms with E-state index in [9.17, 15) is 19.5 Å². The van der Waals surface area contributed by atoms with Gasteiger partial charge in [0.1, 0.15) is 6.04 Å². The summed E-state index contributed by atoms with van der Waals surface area (Å²) in [5.74, 6) is -0.523. The molecule has 1 fully saturated rings. The number of aromatic nitrogens is 2. The fraction of sp³-hybridized carbons (Fsp3) is 0.308. The van der Waals surface area contributed by atoms with Crippen LogP contribution in [0.3, 0.4) is 0 Å². The average molecular weight is 476 g/mol. The molecule has 0 radical (unpaired) electrons. The summed E-state index contributed by atoms with van der Waals surface area (Å²) in [7, 11) is 0. The summed E-state index contributed by atoms with van der Waals surface area (Å²) in [6, 6.07) is 13.4. The van der Waals surface area contributed by atoms with Gasteiger partial charge in [0.2, 0.25) is 5.91 Å².